The first kappa shape index (κ1) is 14.4. The predicted octanol–water partition coefficient (Wildman–Crippen LogP) is 1.01. The molecule has 0 atom stereocenters. The van der Waals surface area contributed by atoms with E-state index in [0.29, 0.717) is 5.75 Å². The highest BCUT2D eigenvalue weighted by Crippen LogP contribution is 2.21. The van der Waals surface area contributed by atoms with E-state index in [1.165, 1.54) is 23.1 Å². The molecule has 1 heterocycles. The maximum Gasteiger partial charge on any atom is 0.230 e. The van der Waals surface area contributed by atoms with Gasteiger partial charge in [0.2, 0.25) is 5.91 Å². The maximum absolute atomic E-state index is 11.5. The Morgan fingerprint density at radius 2 is 2.24 bits per heavy atom. The molecular weight excluding hydrogens is 256 g/mol. The molecule has 0 bridgehead atoms. The molecule has 0 saturated carbocycles. The Kier molecular flexibility index (Phi) is 6.46. The fourth-order valence-corrected chi connectivity index (χ4v) is 2.78. The van der Waals surface area contributed by atoms with Crippen molar-refractivity contribution in [3.63, 3.8) is 0 Å². The van der Waals surface area contributed by atoms with E-state index in [9.17, 15) is 4.79 Å². The molecule has 0 spiro atoms. The summed E-state index contributed by atoms with van der Waals surface area (Å²) in [6.45, 7) is 3.62. The molecule has 0 radical (unpaired) electrons. The van der Waals surface area contributed by atoms with Gasteiger partial charge >= 0.3 is 0 Å². The van der Waals surface area contributed by atoms with Crippen LogP contribution in [0.15, 0.2) is 4.34 Å². The molecule has 0 saturated heterocycles. The Balaban J connectivity index is 2.09. The molecule has 1 N–H and O–H groups in total. The number of carbonyl (C=O) groups is 1. The summed E-state index contributed by atoms with van der Waals surface area (Å²) < 4.78 is 0.853. The molecule has 0 unspecified atom stereocenters. The predicted molar refractivity (Wildman–Crippen MR) is 71.6 cm³/mol. The van der Waals surface area contributed by atoms with Crippen LogP contribution in [-0.4, -0.2) is 53.9 Å². The minimum absolute atomic E-state index is 0.0570. The van der Waals surface area contributed by atoms with Crippen molar-refractivity contribution < 1.29 is 4.79 Å². The third-order valence-corrected chi connectivity index (χ3v) is 3.91. The summed E-state index contributed by atoms with van der Waals surface area (Å²) in [6.07, 6.45) is 0.974. The van der Waals surface area contributed by atoms with Crippen molar-refractivity contribution >= 4 is 29.0 Å². The van der Waals surface area contributed by atoms with E-state index in [1.807, 2.05) is 21.0 Å². The molecule has 1 rings (SSSR count). The summed E-state index contributed by atoms with van der Waals surface area (Å²) in [5.41, 5.74) is 0. The van der Waals surface area contributed by atoms with Crippen LogP contribution in [-0.2, 0) is 4.79 Å². The van der Waals surface area contributed by atoms with Crippen molar-refractivity contribution in [3.8, 4) is 0 Å². The van der Waals surface area contributed by atoms with Crippen molar-refractivity contribution in [1.29, 1.82) is 0 Å². The number of rotatable bonds is 7. The van der Waals surface area contributed by atoms with E-state index in [0.717, 1.165) is 28.9 Å². The zero-order valence-corrected chi connectivity index (χ0v) is 12.0. The Bertz CT molecular complexity index is 354. The molecule has 5 nitrogen and oxygen atoms in total. The van der Waals surface area contributed by atoms with Crippen LogP contribution >= 0.6 is 23.1 Å². The third-order valence-electron chi connectivity index (χ3n) is 1.94. The van der Waals surface area contributed by atoms with E-state index in [4.69, 9.17) is 0 Å². The maximum atomic E-state index is 11.5. The fraction of sp³-hybridized carbons (Fsp3) is 0.700. The van der Waals surface area contributed by atoms with Gasteiger partial charge in [-0.05, 0) is 34.0 Å². The van der Waals surface area contributed by atoms with Crippen LogP contribution in [0.3, 0.4) is 0 Å². The van der Waals surface area contributed by atoms with Gasteiger partial charge in [-0.1, -0.05) is 23.1 Å². The molecule has 7 heteroatoms. The lowest BCUT2D eigenvalue weighted by Gasteiger charge is -2.09. The van der Waals surface area contributed by atoms with Crippen molar-refractivity contribution in [2.75, 3.05) is 32.9 Å². The van der Waals surface area contributed by atoms with E-state index < -0.39 is 0 Å². The van der Waals surface area contributed by atoms with Gasteiger partial charge in [0, 0.05) is 6.54 Å². The third kappa shape index (κ3) is 6.60. The average molecular weight is 274 g/mol. The average Bonchev–Trinajstić information content (AvgIpc) is 2.67. The summed E-state index contributed by atoms with van der Waals surface area (Å²) in [5.74, 6) is 0.470. The van der Waals surface area contributed by atoms with Gasteiger partial charge in [-0.2, -0.15) is 0 Å². The summed E-state index contributed by atoms with van der Waals surface area (Å²) in [7, 11) is 4.05. The Morgan fingerprint density at radius 3 is 2.82 bits per heavy atom. The van der Waals surface area contributed by atoms with Crippen molar-refractivity contribution in [3.05, 3.63) is 5.01 Å². The van der Waals surface area contributed by atoms with Crippen LogP contribution in [0.25, 0.3) is 0 Å². The Labute approximate surface area is 110 Å². The highest BCUT2D eigenvalue weighted by molar-refractivity contribution is 8.01. The van der Waals surface area contributed by atoms with Crippen LogP contribution < -0.4 is 5.32 Å². The second-order valence-electron chi connectivity index (χ2n) is 3.88. The molecule has 0 aliphatic rings. The minimum Gasteiger partial charge on any atom is -0.355 e. The number of aromatic nitrogens is 2. The zero-order chi connectivity index (χ0) is 12.7. The van der Waals surface area contributed by atoms with Crippen LogP contribution in [0.2, 0.25) is 0 Å². The molecule has 1 aromatic heterocycles. The number of hydrogen-bond donors (Lipinski definition) is 1. The number of amides is 1. The monoisotopic (exact) mass is 274 g/mol. The first-order chi connectivity index (χ1) is 8.08. The molecule has 0 aliphatic heterocycles. The lowest BCUT2D eigenvalue weighted by atomic mass is 10.4. The first-order valence-electron chi connectivity index (χ1n) is 5.42. The van der Waals surface area contributed by atoms with E-state index in [2.05, 4.69) is 20.4 Å². The summed E-state index contributed by atoms with van der Waals surface area (Å²) in [5, 5.41) is 11.7. The number of thioether (sulfide) groups is 1. The molecule has 0 fully saturated rings. The molecule has 1 amide bonds. The van der Waals surface area contributed by atoms with Crippen LogP contribution in [0.1, 0.15) is 11.4 Å². The molecule has 0 aromatic carbocycles. The van der Waals surface area contributed by atoms with Gasteiger partial charge in [0.05, 0.1) is 5.75 Å². The van der Waals surface area contributed by atoms with Gasteiger partial charge < -0.3 is 10.2 Å². The van der Waals surface area contributed by atoms with E-state index >= 15 is 0 Å². The normalized spacial score (nSPS) is 10.8. The molecule has 17 heavy (non-hydrogen) atoms. The van der Waals surface area contributed by atoms with Crippen molar-refractivity contribution in [1.82, 2.24) is 20.4 Å². The van der Waals surface area contributed by atoms with E-state index in [-0.39, 0.29) is 5.91 Å². The van der Waals surface area contributed by atoms with Gasteiger partial charge in [-0.25, -0.2) is 0 Å². The molecule has 0 aliphatic carbocycles. The van der Waals surface area contributed by atoms with Crippen molar-refractivity contribution in [2.24, 2.45) is 0 Å². The second-order valence-corrected chi connectivity index (χ2v) is 6.29. The summed E-state index contributed by atoms with van der Waals surface area (Å²) in [6, 6.07) is 0. The van der Waals surface area contributed by atoms with Crippen molar-refractivity contribution in [2.45, 2.75) is 17.7 Å². The largest absolute Gasteiger partial charge is 0.355 e. The van der Waals surface area contributed by atoms with E-state index in [1.54, 1.807) is 0 Å². The topological polar surface area (TPSA) is 58.1 Å². The number of aryl methyl sites for hydroxylation is 1. The quantitative estimate of drug-likeness (QED) is 0.594. The highest BCUT2D eigenvalue weighted by Gasteiger charge is 2.05. The SMILES string of the molecule is Cc1nnc(SCC(=O)NCCCN(C)C)s1. The first-order valence-corrected chi connectivity index (χ1v) is 7.22. The lowest BCUT2D eigenvalue weighted by molar-refractivity contribution is -0.118. The Hall–Kier alpha value is -0.660. The lowest BCUT2D eigenvalue weighted by Crippen LogP contribution is -2.28. The van der Waals surface area contributed by atoms with Crippen LogP contribution in [0, 0.1) is 6.92 Å². The molecule has 1 aromatic rings. The van der Waals surface area contributed by atoms with Gasteiger partial charge in [0.1, 0.15) is 5.01 Å². The summed E-state index contributed by atoms with van der Waals surface area (Å²) in [4.78, 5) is 13.6. The number of hydrogen-bond acceptors (Lipinski definition) is 6. The minimum atomic E-state index is 0.0570. The zero-order valence-electron chi connectivity index (χ0n) is 10.4. The number of nitrogens with zero attached hydrogens (tertiary/aromatic N) is 3. The summed E-state index contributed by atoms with van der Waals surface area (Å²) >= 11 is 2.95. The van der Waals surface area contributed by atoms with Gasteiger partial charge in [-0.3, -0.25) is 4.79 Å². The molecular formula is C10H18N4OS2. The van der Waals surface area contributed by atoms with Crippen LogP contribution in [0.5, 0.6) is 0 Å². The number of carbonyl (C=O) groups excluding carboxylic acids is 1. The van der Waals surface area contributed by atoms with Gasteiger partial charge in [0.15, 0.2) is 4.34 Å². The van der Waals surface area contributed by atoms with Crippen LogP contribution in [0.4, 0.5) is 0 Å². The standard InChI is InChI=1S/C10H18N4OS2/c1-8-12-13-10(17-8)16-7-9(15)11-5-4-6-14(2)3/h4-7H2,1-3H3,(H,11,15). The van der Waals surface area contributed by atoms with Gasteiger partial charge in [-0.15, -0.1) is 10.2 Å². The van der Waals surface area contributed by atoms with Gasteiger partial charge in [0.25, 0.3) is 0 Å². The Morgan fingerprint density at radius 1 is 1.47 bits per heavy atom. The smallest absolute Gasteiger partial charge is 0.230 e. The number of nitrogens with one attached hydrogen (secondary N) is 1. The highest BCUT2D eigenvalue weighted by atomic mass is 32.2. The molecule has 96 valence electrons. The second kappa shape index (κ2) is 7.62. The fourth-order valence-electron chi connectivity index (χ4n) is 1.14.